The molecule has 0 aromatic carbocycles. The molecule has 1 aromatic heterocycles. The highest BCUT2D eigenvalue weighted by molar-refractivity contribution is 14.1. The number of hydrogen-bond donors (Lipinski definition) is 1. The van der Waals surface area contributed by atoms with Crippen molar-refractivity contribution in [3.8, 4) is 0 Å². The number of rotatable bonds is 2. The summed E-state index contributed by atoms with van der Waals surface area (Å²) in [7, 11) is 0. The van der Waals surface area contributed by atoms with Crippen molar-refractivity contribution in [1.82, 2.24) is 5.32 Å². The average molecular weight is 321 g/mol. The Morgan fingerprint density at radius 2 is 2.43 bits per heavy atom. The van der Waals surface area contributed by atoms with Crippen LogP contribution in [-0.4, -0.2) is 11.9 Å². The first kappa shape index (κ1) is 10.4. The van der Waals surface area contributed by atoms with Crippen LogP contribution in [0.2, 0.25) is 0 Å². The summed E-state index contributed by atoms with van der Waals surface area (Å²) in [6.07, 6.45) is 2.38. The predicted molar refractivity (Wildman–Crippen MR) is 66.7 cm³/mol. The molecule has 76 valence electrons. The van der Waals surface area contributed by atoms with Crippen molar-refractivity contribution in [3.63, 3.8) is 0 Å². The van der Waals surface area contributed by atoms with E-state index in [1.54, 1.807) is 0 Å². The van der Waals surface area contributed by atoms with E-state index in [-0.39, 0.29) is 5.91 Å². The molecule has 4 heteroatoms. The van der Waals surface area contributed by atoms with Crippen LogP contribution in [-0.2, 0) is 0 Å². The molecule has 2 atom stereocenters. The van der Waals surface area contributed by atoms with Crippen LogP contribution in [0.1, 0.15) is 29.4 Å². The van der Waals surface area contributed by atoms with E-state index in [0.717, 1.165) is 14.9 Å². The zero-order valence-electron chi connectivity index (χ0n) is 7.92. The van der Waals surface area contributed by atoms with E-state index < -0.39 is 0 Å². The lowest BCUT2D eigenvalue weighted by atomic mass is 9.81. The molecule has 0 bridgehead atoms. The molecule has 1 aromatic rings. The summed E-state index contributed by atoms with van der Waals surface area (Å²) in [5.74, 6) is 0.748. The first-order valence-electron chi connectivity index (χ1n) is 4.72. The summed E-state index contributed by atoms with van der Waals surface area (Å²) in [6, 6.07) is 2.38. The van der Waals surface area contributed by atoms with Gasteiger partial charge < -0.3 is 5.32 Å². The highest BCUT2D eigenvalue weighted by atomic mass is 127. The minimum atomic E-state index is 0.0981. The molecule has 14 heavy (non-hydrogen) atoms. The second-order valence-electron chi connectivity index (χ2n) is 3.73. The van der Waals surface area contributed by atoms with E-state index in [9.17, 15) is 4.79 Å². The fraction of sp³-hybridized carbons (Fsp3) is 0.500. The van der Waals surface area contributed by atoms with E-state index in [0.29, 0.717) is 12.0 Å². The van der Waals surface area contributed by atoms with E-state index in [2.05, 4.69) is 34.8 Å². The second-order valence-corrected chi connectivity index (χ2v) is 5.81. The molecule has 2 rings (SSSR count). The molecule has 1 amide bonds. The van der Waals surface area contributed by atoms with Crippen molar-refractivity contribution in [3.05, 3.63) is 19.9 Å². The van der Waals surface area contributed by atoms with Gasteiger partial charge in [0.05, 0.1) is 0 Å². The Labute approximate surface area is 101 Å². The number of amides is 1. The Morgan fingerprint density at radius 3 is 2.86 bits per heavy atom. The van der Waals surface area contributed by atoms with Crippen molar-refractivity contribution in [2.75, 3.05) is 0 Å². The Hall–Kier alpha value is -0.100. The lowest BCUT2D eigenvalue weighted by molar-refractivity contribution is 0.0888. The normalized spacial score (nSPS) is 25.6. The number of hydrogen-bond acceptors (Lipinski definition) is 2. The fourth-order valence-electron chi connectivity index (χ4n) is 1.57. The van der Waals surface area contributed by atoms with Crippen molar-refractivity contribution in [2.24, 2.45) is 5.92 Å². The highest BCUT2D eigenvalue weighted by Crippen LogP contribution is 2.27. The standard InChI is InChI=1S/C10H12INOS/c1-6-2-3-8(6)12-10(13)9-7(11)4-5-14-9/h4-6,8H,2-3H2,1H3,(H,12,13). The predicted octanol–water partition coefficient (Wildman–Crippen LogP) is 2.88. The Balaban J connectivity index is 1.99. The molecule has 1 N–H and O–H groups in total. The molecule has 1 aliphatic rings. The van der Waals surface area contributed by atoms with Crippen LogP contribution in [0.3, 0.4) is 0 Å². The van der Waals surface area contributed by atoms with Crippen molar-refractivity contribution >= 4 is 39.8 Å². The van der Waals surface area contributed by atoms with Gasteiger partial charge in [0.25, 0.3) is 5.91 Å². The van der Waals surface area contributed by atoms with Gasteiger partial charge in [0.2, 0.25) is 0 Å². The maximum absolute atomic E-state index is 11.8. The smallest absolute Gasteiger partial charge is 0.262 e. The van der Waals surface area contributed by atoms with Crippen molar-refractivity contribution in [2.45, 2.75) is 25.8 Å². The fourth-order valence-corrected chi connectivity index (χ4v) is 3.31. The minimum absolute atomic E-state index is 0.0981. The minimum Gasteiger partial charge on any atom is -0.348 e. The number of thiophene rings is 1. The molecular formula is C10H12INOS. The SMILES string of the molecule is CC1CCC1NC(=O)c1sccc1I. The van der Waals surface area contributed by atoms with Crippen molar-refractivity contribution in [1.29, 1.82) is 0 Å². The summed E-state index contributed by atoms with van der Waals surface area (Å²) < 4.78 is 1.05. The maximum Gasteiger partial charge on any atom is 0.262 e. The summed E-state index contributed by atoms with van der Waals surface area (Å²) in [6.45, 7) is 2.19. The van der Waals surface area contributed by atoms with E-state index in [1.807, 2.05) is 11.4 Å². The monoisotopic (exact) mass is 321 g/mol. The van der Waals surface area contributed by atoms with Gasteiger partial charge in [-0.1, -0.05) is 6.92 Å². The van der Waals surface area contributed by atoms with Gasteiger partial charge in [-0.05, 0) is 52.8 Å². The Morgan fingerprint density at radius 1 is 1.64 bits per heavy atom. The molecule has 1 fully saturated rings. The zero-order chi connectivity index (χ0) is 10.1. The quantitative estimate of drug-likeness (QED) is 0.834. The molecule has 1 saturated carbocycles. The van der Waals surface area contributed by atoms with Crippen molar-refractivity contribution < 1.29 is 4.79 Å². The first-order chi connectivity index (χ1) is 6.68. The Kier molecular flexibility index (Phi) is 3.11. The van der Waals surface area contributed by atoms with Crippen LogP contribution in [0, 0.1) is 9.49 Å². The summed E-state index contributed by atoms with van der Waals surface area (Å²) in [5.41, 5.74) is 0. The van der Waals surface area contributed by atoms with Crippen LogP contribution >= 0.6 is 33.9 Å². The molecular weight excluding hydrogens is 309 g/mol. The summed E-state index contributed by atoms with van der Waals surface area (Å²) in [5, 5.41) is 5.04. The molecule has 0 radical (unpaired) electrons. The number of nitrogens with one attached hydrogen (secondary N) is 1. The third-order valence-electron chi connectivity index (χ3n) is 2.76. The van der Waals surface area contributed by atoms with Gasteiger partial charge in [-0.25, -0.2) is 0 Å². The van der Waals surface area contributed by atoms with E-state index >= 15 is 0 Å². The second kappa shape index (κ2) is 4.18. The van der Waals surface area contributed by atoms with Gasteiger partial charge in [0.1, 0.15) is 4.88 Å². The molecule has 1 heterocycles. The number of halogens is 1. The lowest BCUT2D eigenvalue weighted by Gasteiger charge is -2.34. The molecule has 1 aliphatic carbocycles. The van der Waals surface area contributed by atoms with E-state index in [1.165, 1.54) is 17.8 Å². The summed E-state index contributed by atoms with van der Waals surface area (Å²) in [4.78, 5) is 12.6. The number of carbonyl (C=O) groups is 1. The topological polar surface area (TPSA) is 29.1 Å². The third kappa shape index (κ3) is 1.95. The van der Waals surface area contributed by atoms with Crippen LogP contribution in [0.4, 0.5) is 0 Å². The summed E-state index contributed by atoms with van der Waals surface area (Å²) >= 11 is 3.72. The number of carbonyl (C=O) groups excluding carboxylic acids is 1. The van der Waals surface area contributed by atoms with Crippen LogP contribution in [0.25, 0.3) is 0 Å². The van der Waals surface area contributed by atoms with Crippen LogP contribution in [0.5, 0.6) is 0 Å². The zero-order valence-corrected chi connectivity index (χ0v) is 10.9. The Bertz CT molecular complexity index is 350. The van der Waals surface area contributed by atoms with Gasteiger partial charge in [-0.3, -0.25) is 4.79 Å². The molecule has 0 saturated heterocycles. The van der Waals surface area contributed by atoms with Gasteiger partial charge in [0, 0.05) is 9.61 Å². The van der Waals surface area contributed by atoms with Gasteiger partial charge >= 0.3 is 0 Å². The van der Waals surface area contributed by atoms with Crippen LogP contribution < -0.4 is 5.32 Å². The molecule has 0 spiro atoms. The van der Waals surface area contributed by atoms with Gasteiger partial charge in [0.15, 0.2) is 0 Å². The third-order valence-corrected chi connectivity index (χ3v) is 4.94. The van der Waals surface area contributed by atoms with Crippen LogP contribution in [0.15, 0.2) is 11.4 Å². The lowest BCUT2D eigenvalue weighted by Crippen LogP contribution is -2.45. The average Bonchev–Trinajstić information content (AvgIpc) is 2.58. The highest BCUT2D eigenvalue weighted by Gasteiger charge is 2.28. The van der Waals surface area contributed by atoms with Gasteiger partial charge in [-0.15, -0.1) is 11.3 Å². The van der Waals surface area contributed by atoms with E-state index in [4.69, 9.17) is 0 Å². The molecule has 0 aliphatic heterocycles. The maximum atomic E-state index is 11.8. The molecule has 2 nitrogen and oxygen atoms in total. The molecule has 2 unspecified atom stereocenters. The first-order valence-corrected chi connectivity index (χ1v) is 6.68. The largest absolute Gasteiger partial charge is 0.348 e. The van der Waals surface area contributed by atoms with Gasteiger partial charge in [-0.2, -0.15) is 0 Å².